The maximum atomic E-state index is 13.6. The smallest absolute Gasteiger partial charge is 0.231 e. The second kappa shape index (κ2) is 6.89. The monoisotopic (exact) mass is 366 g/mol. The van der Waals surface area contributed by atoms with Crippen molar-refractivity contribution in [3.8, 4) is 0 Å². The lowest BCUT2D eigenvalue weighted by molar-refractivity contribution is -0.117. The van der Waals surface area contributed by atoms with E-state index in [-0.39, 0.29) is 25.4 Å². The van der Waals surface area contributed by atoms with Gasteiger partial charge in [0.05, 0.1) is 12.2 Å². The number of benzene rings is 2. The van der Waals surface area contributed by atoms with E-state index in [4.69, 9.17) is 0 Å². The Hall–Kier alpha value is -2.32. The number of nitrogens with one attached hydrogen (secondary N) is 1. The van der Waals surface area contributed by atoms with Gasteiger partial charge in [-0.2, -0.15) is 0 Å². The van der Waals surface area contributed by atoms with Crippen molar-refractivity contribution < 1.29 is 22.0 Å². The van der Waals surface area contributed by atoms with Crippen LogP contribution in [-0.4, -0.2) is 27.4 Å². The first-order valence-corrected chi connectivity index (χ1v) is 9.31. The minimum Gasteiger partial charge on any atom is -0.311 e. The van der Waals surface area contributed by atoms with Crippen LogP contribution in [-0.2, 0) is 27.0 Å². The highest BCUT2D eigenvalue weighted by Crippen LogP contribution is 2.27. The largest absolute Gasteiger partial charge is 0.311 e. The predicted molar refractivity (Wildman–Crippen MR) is 89.5 cm³/mol. The van der Waals surface area contributed by atoms with Crippen LogP contribution in [0.1, 0.15) is 11.1 Å². The predicted octanol–water partition coefficient (Wildman–Crippen LogP) is 1.97. The molecule has 0 atom stereocenters. The molecule has 5 nitrogen and oxygen atoms in total. The molecule has 0 radical (unpaired) electrons. The number of carbonyl (C=O) groups is 1. The van der Waals surface area contributed by atoms with Gasteiger partial charge in [0.1, 0.15) is 11.6 Å². The number of para-hydroxylation sites is 1. The summed E-state index contributed by atoms with van der Waals surface area (Å²) in [5.74, 6) is -2.72. The molecule has 0 fully saturated rings. The molecule has 2 aromatic carbocycles. The molecule has 1 N–H and O–H groups in total. The van der Waals surface area contributed by atoms with E-state index in [2.05, 4.69) is 4.72 Å². The maximum absolute atomic E-state index is 13.6. The number of halogens is 2. The number of anilines is 1. The van der Waals surface area contributed by atoms with Gasteiger partial charge in [0.2, 0.25) is 15.9 Å². The SMILES string of the molecule is O=C1Cc2ccccc2N1CCNS(=O)(=O)Cc1c(F)cccc1F. The van der Waals surface area contributed by atoms with E-state index in [0.29, 0.717) is 0 Å². The third kappa shape index (κ3) is 3.85. The Labute approximate surface area is 144 Å². The Morgan fingerprint density at radius 3 is 2.44 bits per heavy atom. The van der Waals surface area contributed by atoms with Crippen LogP contribution in [0.4, 0.5) is 14.5 Å². The molecular weight excluding hydrogens is 350 g/mol. The number of fused-ring (bicyclic) bond motifs is 1. The number of rotatable bonds is 6. The summed E-state index contributed by atoms with van der Waals surface area (Å²) in [7, 11) is -3.93. The molecular formula is C17H16F2N2O3S. The third-order valence-electron chi connectivity index (χ3n) is 3.98. The van der Waals surface area contributed by atoms with E-state index < -0.39 is 33.0 Å². The maximum Gasteiger partial charge on any atom is 0.231 e. The second-order valence-corrected chi connectivity index (χ2v) is 7.51. The van der Waals surface area contributed by atoms with Gasteiger partial charge < -0.3 is 4.90 Å². The van der Waals surface area contributed by atoms with E-state index in [1.165, 1.54) is 11.0 Å². The molecule has 0 unspecified atom stereocenters. The van der Waals surface area contributed by atoms with E-state index in [1.807, 2.05) is 12.1 Å². The molecule has 0 spiro atoms. The molecule has 0 saturated carbocycles. The first-order chi connectivity index (χ1) is 11.9. The summed E-state index contributed by atoms with van der Waals surface area (Å²) in [5, 5.41) is 0. The third-order valence-corrected chi connectivity index (χ3v) is 5.29. The highest BCUT2D eigenvalue weighted by atomic mass is 32.2. The zero-order chi connectivity index (χ0) is 18.0. The van der Waals surface area contributed by atoms with E-state index >= 15 is 0 Å². The number of amides is 1. The quantitative estimate of drug-likeness (QED) is 0.850. The molecule has 1 heterocycles. The van der Waals surface area contributed by atoms with E-state index in [9.17, 15) is 22.0 Å². The number of carbonyl (C=O) groups excluding carboxylic acids is 1. The molecule has 0 saturated heterocycles. The molecule has 0 bridgehead atoms. The van der Waals surface area contributed by atoms with Crippen LogP contribution >= 0.6 is 0 Å². The molecule has 132 valence electrons. The van der Waals surface area contributed by atoms with Crippen molar-refractivity contribution in [1.29, 1.82) is 0 Å². The first-order valence-electron chi connectivity index (χ1n) is 7.66. The average molecular weight is 366 g/mol. The van der Waals surface area contributed by atoms with Crippen molar-refractivity contribution in [3.63, 3.8) is 0 Å². The molecule has 0 aromatic heterocycles. The average Bonchev–Trinajstić information content (AvgIpc) is 2.87. The molecule has 1 aliphatic heterocycles. The van der Waals surface area contributed by atoms with Crippen molar-refractivity contribution in [2.45, 2.75) is 12.2 Å². The summed E-state index contributed by atoms with van der Waals surface area (Å²) in [5.41, 5.74) is 1.15. The molecule has 3 rings (SSSR count). The molecule has 8 heteroatoms. The lowest BCUT2D eigenvalue weighted by atomic mass is 10.2. The standard InChI is InChI=1S/C17H16F2N2O3S/c18-14-5-3-6-15(19)13(14)11-25(23,24)20-8-9-21-16-7-2-1-4-12(16)10-17(21)22/h1-7,20H,8-11H2. The molecule has 1 aliphatic rings. The topological polar surface area (TPSA) is 66.5 Å². The molecule has 1 amide bonds. The Bertz CT molecular complexity index is 896. The minimum absolute atomic E-state index is 0.0432. The number of sulfonamides is 1. The van der Waals surface area contributed by atoms with Gasteiger partial charge in [-0.3, -0.25) is 4.79 Å². The summed E-state index contributed by atoms with van der Waals surface area (Å²) < 4.78 is 53.6. The molecule has 2 aromatic rings. The lowest BCUT2D eigenvalue weighted by Gasteiger charge is -2.17. The van der Waals surface area contributed by atoms with Gasteiger partial charge in [0, 0.05) is 24.3 Å². The first kappa shape index (κ1) is 17.5. The Kier molecular flexibility index (Phi) is 4.82. The van der Waals surface area contributed by atoms with Crippen LogP contribution in [0.15, 0.2) is 42.5 Å². The van der Waals surface area contributed by atoms with Crippen LogP contribution < -0.4 is 9.62 Å². The Morgan fingerprint density at radius 2 is 1.72 bits per heavy atom. The normalized spacial score (nSPS) is 14.0. The summed E-state index contributed by atoms with van der Waals surface area (Å²) in [6, 6.07) is 10.5. The molecule has 0 aliphatic carbocycles. The number of nitrogens with zero attached hydrogens (tertiary/aromatic N) is 1. The summed E-state index contributed by atoms with van der Waals surface area (Å²) in [6.45, 7) is 0.104. The van der Waals surface area contributed by atoms with Gasteiger partial charge in [0.15, 0.2) is 0 Å². The highest BCUT2D eigenvalue weighted by Gasteiger charge is 2.26. The van der Waals surface area contributed by atoms with Crippen molar-refractivity contribution in [1.82, 2.24) is 4.72 Å². The van der Waals surface area contributed by atoms with E-state index in [1.54, 1.807) is 12.1 Å². The van der Waals surface area contributed by atoms with Crippen molar-refractivity contribution in [2.75, 3.05) is 18.0 Å². The van der Waals surface area contributed by atoms with Crippen LogP contribution in [0, 0.1) is 11.6 Å². The van der Waals surface area contributed by atoms with Crippen LogP contribution in [0.3, 0.4) is 0 Å². The molecule has 25 heavy (non-hydrogen) atoms. The Balaban J connectivity index is 1.63. The summed E-state index contributed by atoms with van der Waals surface area (Å²) >= 11 is 0. The summed E-state index contributed by atoms with van der Waals surface area (Å²) in [4.78, 5) is 13.5. The van der Waals surface area contributed by atoms with Crippen LogP contribution in [0.5, 0.6) is 0 Å². The van der Waals surface area contributed by atoms with E-state index in [0.717, 1.165) is 23.4 Å². The second-order valence-electron chi connectivity index (χ2n) is 5.70. The van der Waals surface area contributed by atoms with Gasteiger partial charge in [-0.15, -0.1) is 0 Å². The van der Waals surface area contributed by atoms with Gasteiger partial charge in [-0.1, -0.05) is 24.3 Å². The fraction of sp³-hybridized carbons (Fsp3) is 0.235. The van der Waals surface area contributed by atoms with Crippen molar-refractivity contribution in [3.05, 3.63) is 65.2 Å². The number of hydrogen-bond acceptors (Lipinski definition) is 3. The lowest BCUT2D eigenvalue weighted by Crippen LogP contribution is -2.37. The fourth-order valence-electron chi connectivity index (χ4n) is 2.79. The van der Waals surface area contributed by atoms with Gasteiger partial charge in [-0.25, -0.2) is 21.9 Å². The van der Waals surface area contributed by atoms with Gasteiger partial charge >= 0.3 is 0 Å². The van der Waals surface area contributed by atoms with Gasteiger partial charge in [-0.05, 0) is 23.8 Å². The minimum atomic E-state index is -3.93. The van der Waals surface area contributed by atoms with Gasteiger partial charge in [0.25, 0.3) is 0 Å². The van der Waals surface area contributed by atoms with Crippen molar-refractivity contribution in [2.24, 2.45) is 0 Å². The Morgan fingerprint density at radius 1 is 1.04 bits per heavy atom. The van der Waals surface area contributed by atoms with Crippen molar-refractivity contribution >= 4 is 21.6 Å². The van der Waals surface area contributed by atoms with Crippen LogP contribution in [0.2, 0.25) is 0 Å². The number of hydrogen-bond donors (Lipinski definition) is 1. The summed E-state index contributed by atoms with van der Waals surface area (Å²) in [6.07, 6.45) is 0.281. The van der Waals surface area contributed by atoms with Crippen LogP contribution in [0.25, 0.3) is 0 Å². The highest BCUT2D eigenvalue weighted by molar-refractivity contribution is 7.88. The zero-order valence-electron chi connectivity index (χ0n) is 13.2. The zero-order valence-corrected chi connectivity index (χ0v) is 14.0. The fourth-order valence-corrected chi connectivity index (χ4v) is 3.95.